The summed E-state index contributed by atoms with van der Waals surface area (Å²) in [5.41, 5.74) is 1.66. The number of nitrogens with one attached hydrogen (secondary N) is 1. The molecule has 1 heterocycles. The molecule has 5 nitrogen and oxygen atoms in total. The second-order valence-electron chi connectivity index (χ2n) is 6.71. The third-order valence-corrected chi connectivity index (χ3v) is 4.95. The van der Waals surface area contributed by atoms with Gasteiger partial charge >= 0.3 is 6.03 Å². The van der Waals surface area contributed by atoms with Gasteiger partial charge < -0.3 is 5.32 Å². The van der Waals surface area contributed by atoms with Gasteiger partial charge in [0.15, 0.2) is 5.78 Å². The van der Waals surface area contributed by atoms with Crippen LogP contribution in [0.1, 0.15) is 53.6 Å². The second kappa shape index (κ2) is 5.80. The third-order valence-electron chi connectivity index (χ3n) is 4.95. The molecule has 1 spiro atoms. The molecule has 1 aliphatic carbocycles. The van der Waals surface area contributed by atoms with Crippen molar-refractivity contribution >= 4 is 17.7 Å². The number of benzene rings is 1. The van der Waals surface area contributed by atoms with Crippen molar-refractivity contribution in [2.24, 2.45) is 0 Å². The highest BCUT2D eigenvalue weighted by atomic mass is 16.2. The molecule has 0 bridgehead atoms. The second-order valence-corrected chi connectivity index (χ2v) is 6.71. The van der Waals surface area contributed by atoms with Gasteiger partial charge in [0.2, 0.25) is 0 Å². The van der Waals surface area contributed by atoms with Gasteiger partial charge in [0.1, 0.15) is 5.54 Å². The number of ketones is 1. The molecule has 1 aromatic rings. The first-order chi connectivity index (χ1) is 10.9. The van der Waals surface area contributed by atoms with Gasteiger partial charge in [-0.25, -0.2) is 4.79 Å². The summed E-state index contributed by atoms with van der Waals surface area (Å²) in [6.45, 7) is 3.60. The Morgan fingerprint density at radius 3 is 2.57 bits per heavy atom. The lowest BCUT2D eigenvalue weighted by atomic mass is 9.82. The van der Waals surface area contributed by atoms with Gasteiger partial charge in [0.25, 0.3) is 5.91 Å². The lowest BCUT2D eigenvalue weighted by Gasteiger charge is -2.30. The first-order valence-corrected chi connectivity index (χ1v) is 8.17. The van der Waals surface area contributed by atoms with E-state index < -0.39 is 11.6 Å². The fourth-order valence-electron chi connectivity index (χ4n) is 3.58. The van der Waals surface area contributed by atoms with Crippen LogP contribution in [0, 0.1) is 13.8 Å². The van der Waals surface area contributed by atoms with Crippen LogP contribution in [0.3, 0.4) is 0 Å². The van der Waals surface area contributed by atoms with E-state index in [-0.39, 0.29) is 18.2 Å². The highest BCUT2D eigenvalue weighted by molar-refractivity contribution is 6.11. The number of hydrogen-bond acceptors (Lipinski definition) is 3. The fourth-order valence-corrected chi connectivity index (χ4v) is 3.58. The summed E-state index contributed by atoms with van der Waals surface area (Å²) in [5, 5.41) is 2.84. The average Bonchev–Trinajstić information content (AvgIpc) is 2.74. The number of Topliss-reactive ketones (excluding diaryl/α,β-unsaturated/α-hetero) is 1. The Labute approximate surface area is 136 Å². The minimum Gasteiger partial charge on any atom is -0.323 e. The fraction of sp³-hybridized carbons (Fsp3) is 0.500. The van der Waals surface area contributed by atoms with E-state index in [1.807, 2.05) is 32.0 Å². The molecule has 1 aliphatic heterocycles. The molecule has 0 unspecified atom stereocenters. The number of amides is 3. The van der Waals surface area contributed by atoms with Crippen molar-refractivity contribution in [3.63, 3.8) is 0 Å². The smallest absolute Gasteiger partial charge is 0.323 e. The predicted octanol–water partition coefficient (Wildman–Crippen LogP) is 2.74. The van der Waals surface area contributed by atoms with Gasteiger partial charge in [-0.2, -0.15) is 0 Å². The molecule has 3 amide bonds. The maximum Gasteiger partial charge on any atom is 0.325 e. The molecule has 0 atom stereocenters. The molecule has 5 heteroatoms. The molecular weight excluding hydrogens is 292 g/mol. The Balaban J connectivity index is 1.80. The largest absolute Gasteiger partial charge is 0.325 e. The third kappa shape index (κ3) is 2.76. The number of carbonyl (C=O) groups excluding carboxylic acids is 3. The van der Waals surface area contributed by atoms with Crippen LogP contribution in [0.5, 0.6) is 0 Å². The summed E-state index contributed by atoms with van der Waals surface area (Å²) in [4.78, 5) is 38.6. The number of hydrogen-bond donors (Lipinski definition) is 1. The highest BCUT2D eigenvalue weighted by Crippen LogP contribution is 2.33. The van der Waals surface area contributed by atoms with Crippen LogP contribution in [0.25, 0.3) is 0 Å². The van der Waals surface area contributed by atoms with Crippen molar-refractivity contribution in [2.45, 2.75) is 51.5 Å². The summed E-state index contributed by atoms with van der Waals surface area (Å²) < 4.78 is 0. The van der Waals surface area contributed by atoms with Gasteiger partial charge in [0, 0.05) is 5.56 Å². The topological polar surface area (TPSA) is 66.5 Å². The summed E-state index contributed by atoms with van der Waals surface area (Å²) in [6.07, 6.45) is 4.30. The van der Waals surface area contributed by atoms with Crippen LogP contribution in [-0.4, -0.2) is 34.7 Å². The molecule has 0 aromatic heterocycles. The van der Waals surface area contributed by atoms with Crippen LogP contribution in [-0.2, 0) is 4.79 Å². The monoisotopic (exact) mass is 314 g/mol. The average molecular weight is 314 g/mol. The van der Waals surface area contributed by atoms with Crippen molar-refractivity contribution in [3.8, 4) is 0 Å². The molecule has 122 valence electrons. The van der Waals surface area contributed by atoms with Crippen LogP contribution < -0.4 is 5.32 Å². The van der Waals surface area contributed by atoms with Crippen molar-refractivity contribution in [3.05, 3.63) is 34.9 Å². The zero-order valence-corrected chi connectivity index (χ0v) is 13.6. The Morgan fingerprint density at radius 2 is 1.87 bits per heavy atom. The quantitative estimate of drug-likeness (QED) is 0.689. The molecule has 2 fully saturated rings. The summed E-state index contributed by atoms with van der Waals surface area (Å²) in [7, 11) is 0. The molecule has 3 rings (SSSR count). The van der Waals surface area contributed by atoms with Crippen LogP contribution in [0.2, 0.25) is 0 Å². The lowest BCUT2D eigenvalue weighted by molar-refractivity contribution is -0.132. The SMILES string of the molecule is Cc1ccc(C)c(C(=O)CN2C(=O)NC3(CCCCC3)C2=O)c1. The zero-order chi connectivity index (χ0) is 16.6. The first-order valence-electron chi connectivity index (χ1n) is 8.17. The molecule has 1 aromatic carbocycles. The Kier molecular flexibility index (Phi) is 3.96. The number of nitrogens with zero attached hydrogens (tertiary/aromatic N) is 1. The first kappa shape index (κ1) is 15.7. The number of carbonyl (C=O) groups is 3. The van der Waals surface area contributed by atoms with E-state index in [1.165, 1.54) is 0 Å². The van der Waals surface area contributed by atoms with Crippen molar-refractivity contribution in [2.75, 3.05) is 6.54 Å². The highest BCUT2D eigenvalue weighted by Gasteiger charge is 2.51. The molecule has 0 radical (unpaired) electrons. The molecular formula is C18H22N2O3. The zero-order valence-electron chi connectivity index (χ0n) is 13.6. The van der Waals surface area contributed by atoms with E-state index in [9.17, 15) is 14.4 Å². The van der Waals surface area contributed by atoms with Gasteiger partial charge in [-0.05, 0) is 38.3 Å². The van der Waals surface area contributed by atoms with Gasteiger partial charge in [-0.1, -0.05) is 37.0 Å². The minimum atomic E-state index is -0.767. The van der Waals surface area contributed by atoms with Crippen molar-refractivity contribution in [1.29, 1.82) is 0 Å². The van der Waals surface area contributed by atoms with E-state index in [0.717, 1.165) is 35.3 Å². The molecule has 1 saturated heterocycles. The van der Waals surface area contributed by atoms with E-state index in [1.54, 1.807) is 0 Å². The predicted molar refractivity (Wildman–Crippen MR) is 86.3 cm³/mol. The number of rotatable bonds is 3. The number of aryl methyl sites for hydroxylation is 2. The summed E-state index contributed by atoms with van der Waals surface area (Å²) in [5.74, 6) is -0.427. The molecule has 23 heavy (non-hydrogen) atoms. The Bertz CT molecular complexity index is 675. The lowest BCUT2D eigenvalue weighted by Crippen LogP contribution is -2.48. The van der Waals surface area contributed by atoms with Crippen molar-refractivity contribution in [1.82, 2.24) is 10.2 Å². The van der Waals surface area contributed by atoms with Crippen LogP contribution in [0.15, 0.2) is 18.2 Å². The minimum absolute atomic E-state index is 0.184. The van der Waals surface area contributed by atoms with E-state index in [4.69, 9.17) is 0 Å². The van der Waals surface area contributed by atoms with Crippen LogP contribution >= 0.6 is 0 Å². The summed E-state index contributed by atoms with van der Waals surface area (Å²) in [6, 6.07) is 5.20. The standard InChI is InChI=1S/C18H22N2O3/c1-12-6-7-13(2)14(10-12)15(21)11-20-16(22)18(19-17(20)23)8-4-3-5-9-18/h6-7,10H,3-5,8-9,11H2,1-2H3,(H,19,23). The maximum absolute atomic E-state index is 12.7. The Hall–Kier alpha value is -2.17. The maximum atomic E-state index is 12.7. The van der Waals surface area contributed by atoms with Gasteiger partial charge in [-0.15, -0.1) is 0 Å². The molecule has 1 saturated carbocycles. The van der Waals surface area contributed by atoms with E-state index >= 15 is 0 Å². The van der Waals surface area contributed by atoms with E-state index in [0.29, 0.717) is 18.4 Å². The number of imide groups is 1. The van der Waals surface area contributed by atoms with Gasteiger partial charge in [-0.3, -0.25) is 14.5 Å². The van der Waals surface area contributed by atoms with E-state index in [2.05, 4.69) is 5.32 Å². The number of urea groups is 1. The van der Waals surface area contributed by atoms with Crippen LogP contribution in [0.4, 0.5) is 4.79 Å². The summed E-state index contributed by atoms with van der Waals surface area (Å²) >= 11 is 0. The van der Waals surface area contributed by atoms with Gasteiger partial charge in [0.05, 0.1) is 6.54 Å². The normalized spacial score (nSPS) is 20.0. The Morgan fingerprint density at radius 1 is 1.17 bits per heavy atom. The van der Waals surface area contributed by atoms with Crippen molar-refractivity contribution < 1.29 is 14.4 Å². The molecule has 2 aliphatic rings. The molecule has 1 N–H and O–H groups in total.